The average Bonchev–Trinajstić information content (AvgIpc) is 2.48. The number of carbonyl (C=O) groups excluding carboxylic acids is 1. The van der Waals surface area contributed by atoms with E-state index in [0.717, 1.165) is 22.8 Å². The van der Waals surface area contributed by atoms with Crippen LogP contribution in [0.5, 0.6) is 0 Å². The molecule has 23 heavy (non-hydrogen) atoms. The summed E-state index contributed by atoms with van der Waals surface area (Å²) >= 11 is 5.81. The average molecular weight is 333 g/mol. The molecule has 0 aliphatic carbocycles. The summed E-state index contributed by atoms with van der Waals surface area (Å²) < 4.78 is 0. The van der Waals surface area contributed by atoms with E-state index in [1.165, 1.54) is 0 Å². The maximum Gasteiger partial charge on any atom is 0.231 e. The third-order valence-electron chi connectivity index (χ3n) is 3.33. The molecule has 0 spiro atoms. The fourth-order valence-electron chi connectivity index (χ4n) is 1.91. The molecule has 6 heteroatoms. The molecule has 1 heterocycles. The van der Waals surface area contributed by atoms with E-state index < -0.39 is 5.41 Å². The Morgan fingerprint density at radius 2 is 1.61 bits per heavy atom. The molecule has 0 fully saturated rings. The van der Waals surface area contributed by atoms with Crippen molar-refractivity contribution >= 4 is 34.8 Å². The molecule has 1 aromatic carbocycles. The molecular formula is C17H21ClN4O. The summed E-state index contributed by atoms with van der Waals surface area (Å²) in [6.45, 7) is 7.47. The normalized spacial score (nSPS) is 11.2. The van der Waals surface area contributed by atoms with Crippen molar-refractivity contribution in [3.8, 4) is 0 Å². The van der Waals surface area contributed by atoms with E-state index in [9.17, 15) is 4.79 Å². The quantitative estimate of drug-likeness (QED) is 0.811. The first-order valence-corrected chi connectivity index (χ1v) is 7.90. The molecule has 2 rings (SSSR count). The predicted molar refractivity (Wildman–Crippen MR) is 94.4 cm³/mol. The highest BCUT2D eigenvalue weighted by Gasteiger charge is 2.26. The Labute approximate surface area is 141 Å². The van der Waals surface area contributed by atoms with Crippen molar-refractivity contribution < 1.29 is 4.79 Å². The number of halogens is 1. The predicted octanol–water partition coefficient (Wildman–Crippen LogP) is 4.04. The molecule has 1 aromatic heterocycles. The number of anilines is 3. The highest BCUT2D eigenvalue weighted by atomic mass is 35.5. The Bertz CT molecular complexity index is 678. The summed E-state index contributed by atoms with van der Waals surface area (Å²) in [7, 11) is 0. The van der Waals surface area contributed by atoms with Gasteiger partial charge in [0, 0.05) is 28.6 Å². The lowest BCUT2D eigenvalue weighted by Gasteiger charge is -2.20. The third-order valence-corrected chi connectivity index (χ3v) is 4.00. The molecule has 0 bridgehead atoms. The molecule has 0 saturated heterocycles. The van der Waals surface area contributed by atoms with Gasteiger partial charge >= 0.3 is 0 Å². The van der Waals surface area contributed by atoms with Crippen molar-refractivity contribution in [2.75, 3.05) is 16.5 Å². The molecule has 1 amide bonds. The minimum Gasteiger partial charge on any atom is -0.326 e. The summed E-state index contributed by atoms with van der Waals surface area (Å²) in [5.41, 5.74) is 2.79. The first kappa shape index (κ1) is 17.2. The maximum absolute atomic E-state index is 12.1. The molecule has 0 radical (unpaired) electrons. The van der Waals surface area contributed by atoms with E-state index >= 15 is 0 Å². The number of hydrogen-bond donors (Lipinski definition) is 2. The van der Waals surface area contributed by atoms with Crippen LogP contribution in [0.1, 0.15) is 25.2 Å². The van der Waals surface area contributed by atoms with Crippen molar-refractivity contribution in [2.45, 2.75) is 27.7 Å². The minimum atomic E-state index is -0.606. The van der Waals surface area contributed by atoms with Crippen LogP contribution in [-0.4, -0.2) is 21.8 Å². The fraction of sp³-hybridized carbons (Fsp3) is 0.353. The molecular weight excluding hydrogens is 312 g/mol. The van der Waals surface area contributed by atoms with Crippen LogP contribution in [0.4, 0.5) is 17.3 Å². The van der Waals surface area contributed by atoms with E-state index in [2.05, 4.69) is 20.6 Å². The van der Waals surface area contributed by atoms with Crippen LogP contribution < -0.4 is 10.6 Å². The number of hydrogen-bond acceptors (Lipinski definition) is 4. The number of aromatic nitrogens is 2. The van der Waals surface area contributed by atoms with Crippen molar-refractivity contribution in [2.24, 2.45) is 5.41 Å². The fourth-order valence-corrected chi connectivity index (χ4v) is 2.03. The summed E-state index contributed by atoms with van der Waals surface area (Å²) in [5, 5.41) is 6.01. The maximum atomic E-state index is 12.1. The first-order valence-electron chi connectivity index (χ1n) is 7.37. The standard InChI is InChI=1S/C17H21ClN4O/c1-11-9-12(2)20-16(19-11)22-14-7-5-13(6-8-14)21-15(23)17(3,4)10-18/h5-9H,10H2,1-4H3,(H,21,23)(H,19,20,22). The number of nitrogens with zero attached hydrogens (tertiary/aromatic N) is 2. The number of aryl methyl sites for hydroxylation is 2. The monoisotopic (exact) mass is 332 g/mol. The Morgan fingerprint density at radius 1 is 1.09 bits per heavy atom. The largest absolute Gasteiger partial charge is 0.326 e. The van der Waals surface area contributed by atoms with E-state index in [0.29, 0.717) is 5.95 Å². The molecule has 0 aliphatic rings. The van der Waals surface area contributed by atoms with Gasteiger partial charge in [-0.05, 0) is 58.0 Å². The van der Waals surface area contributed by atoms with Gasteiger partial charge in [-0.3, -0.25) is 4.79 Å². The molecule has 0 aliphatic heterocycles. The van der Waals surface area contributed by atoms with Crippen molar-refractivity contribution in [3.05, 3.63) is 41.7 Å². The molecule has 122 valence electrons. The zero-order valence-electron chi connectivity index (χ0n) is 13.8. The molecule has 2 N–H and O–H groups in total. The van der Waals surface area contributed by atoms with E-state index in [1.54, 1.807) is 0 Å². The molecule has 0 atom stereocenters. The Kier molecular flexibility index (Phi) is 5.21. The number of rotatable bonds is 5. The van der Waals surface area contributed by atoms with E-state index in [1.807, 2.05) is 58.0 Å². The van der Waals surface area contributed by atoms with Crippen molar-refractivity contribution in [1.82, 2.24) is 9.97 Å². The first-order chi connectivity index (χ1) is 10.8. The summed E-state index contributed by atoms with van der Waals surface area (Å²) in [6.07, 6.45) is 0. The molecule has 0 saturated carbocycles. The van der Waals surface area contributed by atoms with E-state index in [4.69, 9.17) is 11.6 Å². The summed E-state index contributed by atoms with van der Waals surface area (Å²) in [5.74, 6) is 0.719. The second-order valence-corrected chi connectivity index (χ2v) is 6.42. The molecule has 0 unspecified atom stereocenters. The van der Waals surface area contributed by atoms with Crippen LogP contribution in [0.15, 0.2) is 30.3 Å². The molecule has 2 aromatic rings. The van der Waals surface area contributed by atoms with Crippen molar-refractivity contribution in [3.63, 3.8) is 0 Å². The summed E-state index contributed by atoms with van der Waals surface area (Å²) in [4.78, 5) is 20.8. The zero-order valence-corrected chi connectivity index (χ0v) is 14.5. The van der Waals surface area contributed by atoms with Crippen LogP contribution in [0.3, 0.4) is 0 Å². The van der Waals surface area contributed by atoms with E-state index in [-0.39, 0.29) is 11.8 Å². The van der Waals surface area contributed by atoms with Gasteiger partial charge in [0.25, 0.3) is 0 Å². The number of alkyl halides is 1. The second kappa shape index (κ2) is 6.96. The van der Waals surface area contributed by atoms with Crippen LogP contribution in [0.2, 0.25) is 0 Å². The van der Waals surface area contributed by atoms with Gasteiger partial charge in [0.05, 0.1) is 5.41 Å². The van der Waals surface area contributed by atoms with Gasteiger partial charge in [0.2, 0.25) is 11.9 Å². The van der Waals surface area contributed by atoms with Crippen LogP contribution in [-0.2, 0) is 4.79 Å². The Balaban J connectivity index is 2.06. The van der Waals surface area contributed by atoms with Gasteiger partial charge in [-0.15, -0.1) is 11.6 Å². The second-order valence-electron chi connectivity index (χ2n) is 6.15. The Morgan fingerprint density at radius 3 is 2.13 bits per heavy atom. The van der Waals surface area contributed by atoms with Gasteiger partial charge in [0.1, 0.15) is 0 Å². The lowest BCUT2D eigenvalue weighted by Crippen LogP contribution is -2.32. The van der Waals surface area contributed by atoms with Crippen LogP contribution in [0.25, 0.3) is 0 Å². The Hall–Kier alpha value is -2.14. The van der Waals surface area contributed by atoms with Crippen molar-refractivity contribution in [1.29, 1.82) is 0 Å². The lowest BCUT2D eigenvalue weighted by molar-refractivity contribution is -0.122. The molecule has 5 nitrogen and oxygen atoms in total. The number of carbonyl (C=O) groups is 1. The SMILES string of the molecule is Cc1cc(C)nc(Nc2ccc(NC(=O)C(C)(C)CCl)cc2)n1. The van der Waals surface area contributed by atoms with Crippen LogP contribution >= 0.6 is 11.6 Å². The number of benzene rings is 1. The highest BCUT2D eigenvalue weighted by molar-refractivity contribution is 6.20. The minimum absolute atomic E-state index is 0.106. The number of nitrogens with one attached hydrogen (secondary N) is 2. The lowest BCUT2D eigenvalue weighted by atomic mass is 9.95. The van der Waals surface area contributed by atoms with Crippen LogP contribution in [0, 0.1) is 19.3 Å². The van der Waals surface area contributed by atoms with Gasteiger partial charge in [-0.1, -0.05) is 0 Å². The summed E-state index contributed by atoms with van der Waals surface area (Å²) in [6, 6.07) is 9.30. The van der Waals surface area contributed by atoms with Gasteiger partial charge in [0.15, 0.2) is 0 Å². The smallest absolute Gasteiger partial charge is 0.231 e. The highest BCUT2D eigenvalue weighted by Crippen LogP contribution is 2.22. The van der Waals surface area contributed by atoms with Gasteiger partial charge in [-0.2, -0.15) is 0 Å². The third kappa shape index (κ3) is 4.66. The topological polar surface area (TPSA) is 66.9 Å². The zero-order chi connectivity index (χ0) is 17.0. The van der Waals surface area contributed by atoms with Gasteiger partial charge in [-0.25, -0.2) is 9.97 Å². The van der Waals surface area contributed by atoms with Gasteiger partial charge < -0.3 is 10.6 Å². The number of amides is 1.